The van der Waals surface area contributed by atoms with Gasteiger partial charge < -0.3 is 19.9 Å². The highest BCUT2D eigenvalue weighted by Crippen LogP contribution is 2.21. The minimum Gasteiger partial charge on any atom is -0.507 e. The van der Waals surface area contributed by atoms with Crippen molar-refractivity contribution in [2.24, 2.45) is 0 Å². The van der Waals surface area contributed by atoms with E-state index in [1.807, 2.05) is 0 Å². The fraction of sp³-hybridized carbons (Fsp3) is 0.214. The van der Waals surface area contributed by atoms with Crippen LogP contribution in [0.2, 0.25) is 0 Å². The van der Waals surface area contributed by atoms with Gasteiger partial charge >= 0.3 is 0 Å². The molecule has 0 aliphatic heterocycles. The molecular weight excluding hydrogens is 265 g/mol. The summed E-state index contributed by atoms with van der Waals surface area (Å²) in [5, 5.41) is 22.1. The Morgan fingerprint density at radius 2 is 2.20 bits per heavy atom. The van der Waals surface area contributed by atoms with Crippen molar-refractivity contribution in [2.75, 3.05) is 6.54 Å². The van der Waals surface area contributed by atoms with Crippen molar-refractivity contribution in [1.82, 2.24) is 5.32 Å². The van der Waals surface area contributed by atoms with E-state index in [1.54, 1.807) is 12.1 Å². The van der Waals surface area contributed by atoms with Crippen molar-refractivity contribution in [3.63, 3.8) is 0 Å². The van der Waals surface area contributed by atoms with E-state index in [0.29, 0.717) is 5.76 Å². The molecule has 0 radical (unpaired) electrons. The number of carbonyl (C=O) groups excluding carboxylic acids is 1. The number of phenols is 1. The highest BCUT2D eigenvalue weighted by Gasteiger charge is 2.27. The van der Waals surface area contributed by atoms with Gasteiger partial charge in [-0.3, -0.25) is 4.79 Å². The third kappa shape index (κ3) is 2.97. The molecule has 1 amide bonds. The molecule has 0 aliphatic rings. The second kappa shape index (κ2) is 5.34. The number of hydrogen-bond donors (Lipinski definition) is 3. The fourth-order valence-electron chi connectivity index (χ4n) is 1.72. The topological polar surface area (TPSA) is 82.7 Å². The Morgan fingerprint density at radius 1 is 1.45 bits per heavy atom. The maximum atomic E-state index is 12.8. The van der Waals surface area contributed by atoms with Crippen LogP contribution in [0.25, 0.3) is 0 Å². The Balaban J connectivity index is 2.05. The van der Waals surface area contributed by atoms with Gasteiger partial charge in [-0.1, -0.05) is 0 Å². The van der Waals surface area contributed by atoms with E-state index < -0.39 is 23.1 Å². The molecule has 1 heterocycles. The highest BCUT2D eigenvalue weighted by atomic mass is 19.1. The maximum Gasteiger partial charge on any atom is 0.255 e. The minimum absolute atomic E-state index is 0.0679. The van der Waals surface area contributed by atoms with Gasteiger partial charge in [0, 0.05) is 6.07 Å². The second-order valence-corrected chi connectivity index (χ2v) is 4.60. The van der Waals surface area contributed by atoms with Gasteiger partial charge in [0.1, 0.15) is 22.9 Å². The van der Waals surface area contributed by atoms with Crippen LogP contribution in [-0.2, 0) is 5.60 Å². The van der Waals surface area contributed by atoms with Crippen molar-refractivity contribution in [3.05, 3.63) is 53.7 Å². The van der Waals surface area contributed by atoms with E-state index in [9.17, 15) is 19.4 Å². The number of aromatic hydroxyl groups is 1. The van der Waals surface area contributed by atoms with Crippen LogP contribution in [0.4, 0.5) is 4.39 Å². The third-order valence-corrected chi connectivity index (χ3v) is 2.85. The first-order valence-electron chi connectivity index (χ1n) is 5.93. The molecule has 2 rings (SSSR count). The average Bonchev–Trinajstić information content (AvgIpc) is 2.90. The number of phenolic OH excluding ortho intramolecular Hbond substituents is 1. The number of hydrogen-bond acceptors (Lipinski definition) is 4. The molecule has 0 saturated heterocycles. The van der Waals surface area contributed by atoms with Gasteiger partial charge in [-0.2, -0.15) is 0 Å². The Hall–Kier alpha value is -2.34. The van der Waals surface area contributed by atoms with Crippen molar-refractivity contribution in [2.45, 2.75) is 12.5 Å². The van der Waals surface area contributed by atoms with Crippen LogP contribution in [0.1, 0.15) is 23.0 Å². The van der Waals surface area contributed by atoms with Crippen molar-refractivity contribution >= 4 is 5.91 Å². The number of carbonyl (C=O) groups is 1. The lowest BCUT2D eigenvalue weighted by Gasteiger charge is -2.21. The molecule has 1 atom stereocenters. The summed E-state index contributed by atoms with van der Waals surface area (Å²) >= 11 is 0. The first-order valence-corrected chi connectivity index (χ1v) is 5.93. The normalized spacial score (nSPS) is 13.8. The van der Waals surface area contributed by atoms with Crippen LogP contribution in [0.3, 0.4) is 0 Å². The summed E-state index contributed by atoms with van der Waals surface area (Å²) in [5.41, 5.74) is -1.45. The smallest absolute Gasteiger partial charge is 0.255 e. The lowest BCUT2D eigenvalue weighted by Crippen LogP contribution is -2.38. The average molecular weight is 279 g/mol. The largest absolute Gasteiger partial charge is 0.507 e. The zero-order chi connectivity index (χ0) is 14.8. The zero-order valence-electron chi connectivity index (χ0n) is 10.8. The van der Waals surface area contributed by atoms with Crippen LogP contribution in [0.5, 0.6) is 5.75 Å². The summed E-state index contributed by atoms with van der Waals surface area (Å²) in [6, 6.07) is 6.29. The number of halogens is 1. The molecule has 106 valence electrons. The molecule has 2 aromatic rings. The van der Waals surface area contributed by atoms with E-state index in [-0.39, 0.29) is 12.1 Å². The number of amides is 1. The van der Waals surface area contributed by atoms with E-state index in [2.05, 4.69) is 5.32 Å². The van der Waals surface area contributed by atoms with Gasteiger partial charge in [-0.05, 0) is 31.2 Å². The van der Waals surface area contributed by atoms with Crippen molar-refractivity contribution < 1.29 is 23.8 Å². The molecule has 0 fully saturated rings. The second-order valence-electron chi connectivity index (χ2n) is 4.60. The predicted octanol–water partition coefficient (Wildman–Crippen LogP) is 1.76. The number of rotatable bonds is 4. The number of nitrogens with one attached hydrogen (secondary N) is 1. The van der Waals surface area contributed by atoms with Crippen LogP contribution < -0.4 is 5.32 Å². The Morgan fingerprint density at radius 3 is 2.80 bits per heavy atom. The summed E-state index contributed by atoms with van der Waals surface area (Å²) in [6.07, 6.45) is 1.41. The molecule has 0 aliphatic carbocycles. The SMILES string of the molecule is CC(O)(CNC(=O)c1ccc(F)cc1O)c1ccco1. The van der Waals surface area contributed by atoms with Gasteiger partial charge in [0.05, 0.1) is 18.4 Å². The molecule has 0 saturated carbocycles. The number of furan rings is 1. The molecule has 1 aromatic heterocycles. The van der Waals surface area contributed by atoms with E-state index in [1.165, 1.54) is 19.3 Å². The van der Waals surface area contributed by atoms with Crippen LogP contribution in [0, 0.1) is 5.82 Å². The van der Waals surface area contributed by atoms with Gasteiger partial charge in [-0.15, -0.1) is 0 Å². The van der Waals surface area contributed by atoms with Crippen molar-refractivity contribution in [3.8, 4) is 5.75 Å². The Kier molecular flexibility index (Phi) is 3.76. The van der Waals surface area contributed by atoms with Crippen LogP contribution >= 0.6 is 0 Å². The van der Waals surface area contributed by atoms with E-state index >= 15 is 0 Å². The molecule has 1 unspecified atom stereocenters. The molecule has 0 bridgehead atoms. The summed E-state index contributed by atoms with van der Waals surface area (Å²) in [4.78, 5) is 11.9. The van der Waals surface area contributed by atoms with Gasteiger partial charge in [0.25, 0.3) is 5.91 Å². The number of aliphatic hydroxyl groups is 1. The predicted molar refractivity (Wildman–Crippen MR) is 68.7 cm³/mol. The molecular formula is C14H14FNO4. The monoisotopic (exact) mass is 279 g/mol. The van der Waals surface area contributed by atoms with Gasteiger partial charge in [-0.25, -0.2) is 4.39 Å². The van der Waals surface area contributed by atoms with E-state index in [4.69, 9.17) is 4.42 Å². The molecule has 20 heavy (non-hydrogen) atoms. The van der Waals surface area contributed by atoms with Crippen molar-refractivity contribution in [1.29, 1.82) is 0 Å². The first kappa shape index (κ1) is 14.1. The Labute approximate surface area is 114 Å². The fourth-order valence-corrected chi connectivity index (χ4v) is 1.72. The molecule has 3 N–H and O–H groups in total. The summed E-state index contributed by atoms with van der Waals surface area (Å²) < 4.78 is 17.9. The van der Waals surface area contributed by atoms with Crippen LogP contribution in [-0.4, -0.2) is 22.7 Å². The summed E-state index contributed by atoms with van der Waals surface area (Å²) in [7, 11) is 0. The Bertz CT molecular complexity index is 608. The molecule has 5 nitrogen and oxygen atoms in total. The summed E-state index contributed by atoms with van der Waals surface area (Å²) in [5.74, 6) is -1.41. The van der Waals surface area contributed by atoms with E-state index in [0.717, 1.165) is 12.1 Å². The lowest BCUT2D eigenvalue weighted by atomic mass is 10.0. The quantitative estimate of drug-likeness (QED) is 0.796. The highest BCUT2D eigenvalue weighted by molar-refractivity contribution is 5.96. The molecule has 0 spiro atoms. The standard InChI is InChI=1S/C14H14FNO4/c1-14(19,12-3-2-6-20-12)8-16-13(18)10-5-4-9(15)7-11(10)17/h2-7,17,19H,8H2,1H3,(H,16,18). The first-order chi connectivity index (χ1) is 9.40. The minimum atomic E-state index is -1.38. The third-order valence-electron chi connectivity index (χ3n) is 2.85. The van der Waals surface area contributed by atoms with Gasteiger partial charge in [0.15, 0.2) is 0 Å². The van der Waals surface area contributed by atoms with Gasteiger partial charge in [0.2, 0.25) is 0 Å². The molecule has 6 heteroatoms. The van der Waals surface area contributed by atoms with Crippen LogP contribution in [0.15, 0.2) is 41.0 Å². The molecule has 1 aromatic carbocycles. The lowest BCUT2D eigenvalue weighted by molar-refractivity contribution is 0.0330. The maximum absolute atomic E-state index is 12.8. The number of benzene rings is 1. The summed E-state index contributed by atoms with van der Waals surface area (Å²) in [6.45, 7) is 1.37. The zero-order valence-corrected chi connectivity index (χ0v) is 10.8.